The predicted molar refractivity (Wildman–Crippen MR) is 99.8 cm³/mol. The summed E-state index contributed by atoms with van der Waals surface area (Å²) in [4.78, 5) is 11.0. The van der Waals surface area contributed by atoms with Gasteiger partial charge in [-0.2, -0.15) is 0 Å². The standard InChI is InChI=1S/C15H28N4O2S2/c1-10-6-4-7-12(11(10)2)17-15(23)19-18-14(22)16-9-5-8-13(20)21-3/h10-12H,4-9H2,1-3H3,(H2,16,18,22)(H2,17,19,23)/t10-,11+,12-/m0/s1. The molecule has 0 saturated heterocycles. The maximum absolute atomic E-state index is 11.0. The van der Waals surface area contributed by atoms with Crippen molar-refractivity contribution in [2.24, 2.45) is 11.8 Å². The monoisotopic (exact) mass is 360 g/mol. The van der Waals surface area contributed by atoms with E-state index in [1.165, 1.54) is 20.0 Å². The molecule has 3 atom stereocenters. The molecule has 1 fully saturated rings. The molecule has 0 aliphatic heterocycles. The van der Waals surface area contributed by atoms with Crippen molar-refractivity contribution in [3.63, 3.8) is 0 Å². The summed E-state index contributed by atoms with van der Waals surface area (Å²) < 4.78 is 4.57. The average Bonchev–Trinajstić information content (AvgIpc) is 2.53. The van der Waals surface area contributed by atoms with Crippen molar-refractivity contribution in [1.29, 1.82) is 0 Å². The number of rotatable bonds is 5. The minimum atomic E-state index is -0.218. The van der Waals surface area contributed by atoms with E-state index in [0.717, 1.165) is 12.3 Å². The molecule has 1 saturated carbocycles. The summed E-state index contributed by atoms with van der Waals surface area (Å²) in [5.41, 5.74) is 5.75. The van der Waals surface area contributed by atoms with Gasteiger partial charge < -0.3 is 15.4 Å². The van der Waals surface area contributed by atoms with Crippen LogP contribution in [-0.4, -0.2) is 35.9 Å². The quantitative estimate of drug-likeness (QED) is 0.255. The smallest absolute Gasteiger partial charge is 0.305 e. The van der Waals surface area contributed by atoms with Crippen LogP contribution in [0.4, 0.5) is 0 Å². The van der Waals surface area contributed by atoms with Crippen LogP contribution in [0.15, 0.2) is 0 Å². The molecule has 6 nitrogen and oxygen atoms in total. The third kappa shape index (κ3) is 7.78. The van der Waals surface area contributed by atoms with Crippen LogP contribution in [0, 0.1) is 11.8 Å². The van der Waals surface area contributed by atoms with Crippen molar-refractivity contribution < 1.29 is 9.53 Å². The van der Waals surface area contributed by atoms with E-state index >= 15 is 0 Å². The third-order valence-corrected chi connectivity index (χ3v) is 4.85. The number of ether oxygens (including phenoxy) is 1. The highest BCUT2D eigenvalue weighted by atomic mass is 32.1. The summed E-state index contributed by atoms with van der Waals surface area (Å²) in [6, 6.07) is 0.405. The van der Waals surface area contributed by atoms with Gasteiger partial charge in [0.25, 0.3) is 0 Å². The Balaban J connectivity index is 2.15. The van der Waals surface area contributed by atoms with Crippen LogP contribution in [0.3, 0.4) is 0 Å². The van der Waals surface area contributed by atoms with E-state index in [0.29, 0.717) is 41.6 Å². The van der Waals surface area contributed by atoms with Gasteiger partial charge in [0.1, 0.15) is 0 Å². The van der Waals surface area contributed by atoms with Gasteiger partial charge in [0.15, 0.2) is 10.2 Å². The lowest BCUT2D eigenvalue weighted by molar-refractivity contribution is -0.140. The predicted octanol–water partition coefficient (Wildman–Crippen LogP) is 1.61. The minimum Gasteiger partial charge on any atom is -0.469 e. The summed E-state index contributed by atoms with van der Waals surface area (Å²) in [7, 11) is 1.38. The van der Waals surface area contributed by atoms with Crippen LogP contribution in [0.5, 0.6) is 0 Å². The van der Waals surface area contributed by atoms with Crippen molar-refractivity contribution in [1.82, 2.24) is 21.5 Å². The first-order valence-corrected chi connectivity index (χ1v) is 8.92. The van der Waals surface area contributed by atoms with Crippen LogP contribution in [0.1, 0.15) is 46.0 Å². The van der Waals surface area contributed by atoms with Crippen LogP contribution in [0.25, 0.3) is 0 Å². The molecular formula is C15H28N4O2S2. The lowest BCUT2D eigenvalue weighted by Crippen LogP contribution is -2.54. The number of hydrazine groups is 1. The molecule has 132 valence electrons. The van der Waals surface area contributed by atoms with Gasteiger partial charge in [-0.05, 0) is 49.1 Å². The number of methoxy groups -OCH3 is 1. The molecule has 0 spiro atoms. The van der Waals surface area contributed by atoms with E-state index in [2.05, 4.69) is 40.1 Å². The van der Waals surface area contributed by atoms with Crippen molar-refractivity contribution in [2.45, 2.75) is 52.0 Å². The first-order chi connectivity index (χ1) is 10.9. The topological polar surface area (TPSA) is 74.4 Å². The lowest BCUT2D eigenvalue weighted by atomic mass is 9.78. The van der Waals surface area contributed by atoms with Crippen LogP contribution < -0.4 is 21.5 Å². The molecule has 1 rings (SSSR count). The molecule has 0 aromatic rings. The molecule has 23 heavy (non-hydrogen) atoms. The second-order valence-electron chi connectivity index (χ2n) is 6.03. The number of hydrogen-bond donors (Lipinski definition) is 4. The molecule has 0 bridgehead atoms. The Labute approximate surface area is 149 Å². The molecule has 8 heteroatoms. The van der Waals surface area contributed by atoms with Gasteiger partial charge in [0.05, 0.1) is 7.11 Å². The molecule has 0 aromatic heterocycles. The van der Waals surface area contributed by atoms with E-state index in [9.17, 15) is 4.79 Å². The van der Waals surface area contributed by atoms with E-state index < -0.39 is 0 Å². The normalized spacial score (nSPS) is 23.5. The molecule has 0 unspecified atom stereocenters. The summed E-state index contributed by atoms with van der Waals surface area (Å²) >= 11 is 10.4. The van der Waals surface area contributed by atoms with Crippen LogP contribution in [0.2, 0.25) is 0 Å². The fourth-order valence-corrected chi connectivity index (χ4v) is 3.04. The Morgan fingerprint density at radius 3 is 2.57 bits per heavy atom. The highest BCUT2D eigenvalue weighted by Gasteiger charge is 2.27. The number of carbonyl (C=O) groups is 1. The van der Waals surface area contributed by atoms with Crippen LogP contribution >= 0.6 is 24.4 Å². The van der Waals surface area contributed by atoms with Crippen LogP contribution in [-0.2, 0) is 9.53 Å². The van der Waals surface area contributed by atoms with E-state index in [4.69, 9.17) is 24.4 Å². The van der Waals surface area contributed by atoms with Gasteiger partial charge in [-0.25, -0.2) is 0 Å². The summed E-state index contributed by atoms with van der Waals surface area (Å²) in [6.07, 6.45) is 4.70. The second-order valence-corrected chi connectivity index (χ2v) is 6.85. The van der Waals surface area contributed by atoms with Crippen molar-refractivity contribution in [3.8, 4) is 0 Å². The number of hydrogen-bond acceptors (Lipinski definition) is 4. The van der Waals surface area contributed by atoms with Crippen molar-refractivity contribution >= 4 is 40.6 Å². The molecule has 0 heterocycles. The second kappa shape index (κ2) is 10.6. The average molecular weight is 361 g/mol. The molecule has 0 aromatic carbocycles. The number of thiocarbonyl (C=S) groups is 2. The van der Waals surface area contributed by atoms with Gasteiger partial charge in [-0.15, -0.1) is 0 Å². The first kappa shape index (κ1) is 19.9. The fraction of sp³-hybridized carbons (Fsp3) is 0.800. The Morgan fingerprint density at radius 2 is 1.87 bits per heavy atom. The summed E-state index contributed by atoms with van der Waals surface area (Å²) in [5.74, 6) is 1.10. The van der Waals surface area contributed by atoms with Gasteiger partial charge in [0.2, 0.25) is 0 Å². The Hall–Kier alpha value is -1.15. The van der Waals surface area contributed by atoms with Crippen molar-refractivity contribution in [3.05, 3.63) is 0 Å². The molecule has 1 aliphatic carbocycles. The van der Waals surface area contributed by atoms with Gasteiger partial charge in [-0.1, -0.05) is 26.7 Å². The zero-order chi connectivity index (χ0) is 17.2. The largest absolute Gasteiger partial charge is 0.469 e. The number of nitrogens with one attached hydrogen (secondary N) is 4. The molecular weight excluding hydrogens is 332 g/mol. The Kier molecular flexibility index (Phi) is 9.16. The van der Waals surface area contributed by atoms with E-state index in [-0.39, 0.29) is 5.97 Å². The fourth-order valence-electron chi connectivity index (χ4n) is 2.68. The van der Waals surface area contributed by atoms with Gasteiger partial charge in [0, 0.05) is 19.0 Å². The van der Waals surface area contributed by atoms with Crippen molar-refractivity contribution in [2.75, 3.05) is 13.7 Å². The highest BCUT2D eigenvalue weighted by Crippen LogP contribution is 2.29. The van der Waals surface area contributed by atoms with E-state index in [1.807, 2.05) is 0 Å². The zero-order valence-corrected chi connectivity index (χ0v) is 15.7. The first-order valence-electron chi connectivity index (χ1n) is 8.11. The molecule has 0 radical (unpaired) electrons. The maximum atomic E-state index is 11.0. The lowest BCUT2D eigenvalue weighted by Gasteiger charge is -2.35. The summed E-state index contributed by atoms with van der Waals surface area (Å²) in [6.45, 7) is 5.16. The maximum Gasteiger partial charge on any atom is 0.305 e. The number of carbonyl (C=O) groups excluding carboxylic acids is 1. The highest BCUT2D eigenvalue weighted by molar-refractivity contribution is 7.80. The third-order valence-electron chi connectivity index (χ3n) is 4.38. The molecule has 4 N–H and O–H groups in total. The van der Waals surface area contributed by atoms with Gasteiger partial charge in [-0.3, -0.25) is 15.6 Å². The van der Waals surface area contributed by atoms with E-state index in [1.54, 1.807) is 0 Å². The SMILES string of the molecule is COC(=O)CCCNC(=S)NNC(=S)N[C@H]1CCC[C@H](C)[C@H]1C. The number of esters is 1. The summed E-state index contributed by atoms with van der Waals surface area (Å²) in [5, 5.41) is 7.35. The zero-order valence-electron chi connectivity index (χ0n) is 14.1. The van der Waals surface area contributed by atoms with Gasteiger partial charge >= 0.3 is 5.97 Å². The minimum absolute atomic E-state index is 0.218. The molecule has 1 aliphatic rings. The molecule has 0 amide bonds. The Morgan fingerprint density at radius 1 is 1.17 bits per heavy atom. The Bertz CT molecular complexity index is 420.